The third-order valence-corrected chi connectivity index (χ3v) is 13.4. The summed E-state index contributed by atoms with van der Waals surface area (Å²) in [5.41, 5.74) is 24.0. The van der Waals surface area contributed by atoms with E-state index in [-0.39, 0.29) is 5.41 Å². The van der Waals surface area contributed by atoms with Crippen molar-refractivity contribution in [2.45, 2.75) is 53.9 Å². The van der Waals surface area contributed by atoms with Gasteiger partial charge < -0.3 is 9.32 Å². The second kappa shape index (κ2) is 16.4. The molecular formula is C62H53NO. The summed E-state index contributed by atoms with van der Waals surface area (Å²) in [6, 6.07) is 71.1. The van der Waals surface area contributed by atoms with Gasteiger partial charge in [-0.3, -0.25) is 0 Å². The van der Waals surface area contributed by atoms with E-state index in [1.54, 1.807) is 0 Å². The molecule has 64 heavy (non-hydrogen) atoms. The van der Waals surface area contributed by atoms with E-state index in [9.17, 15) is 0 Å². The quantitative estimate of drug-likeness (QED) is 0.159. The van der Waals surface area contributed by atoms with Gasteiger partial charge in [0.05, 0.1) is 5.69 Å². The lowest BCUT2D eigenvalue weighted by Gasteiger charge is -2.30. The first-order valence-electron chi connectivity index (χ1n) is 22.7. The molecule has 0 saturated heterocycles. The number of hydrogen-bond donors (Lipinski definition) is 0. The highest BCUT2D eigenvalue weighted by atomic mass is 16.3. The zero-order valence-corrected chi connectivity index (χ0v) is 37.8. The largest absolute Gasteiger partial charge is 0.456 e. The first-order valence-corrected chi connectivity index (χ1v) is 22.7. The standard InChI is InChI=1S/C60H47NO.C2H6/c1-38-14-6-8-16-47(38)49-32-34-56(59(40(49)3)48-17-9-7-15-39(48)2)61(46-30-24-42(25-31-46)44-27-35-58-53(37-44)51-19-11-13-21-57(51)62-58)45-28-22-41(23-29-45)43-26-33-55-52(36-43)50-18-10-12-20-54(50)60(55,4)5;1-2/h6-37H,1-5H3;1-2H3. The molecule has 1 aromatic heterocycles. The molecule has 1 aliphatic rings. The van der Waals surface area contributed by atoms with Gasteiger partial charge in [-0.05, 0) is 153 Å². The summed E-state index contributed by atoms with van der Waals surface area (Å²) in [7, 11) is 0. The minimum atomic E-state index is -0.0214. The monoisotopic (exact) mass is 827 g/mol. The minimum absolute atomic E-state index is 0.0214. The smallest absolute Gasteiger partial charge is 0.135 e. The Morgan fingerprint density at radius 1 is 0.391 bits per heavy atom. The molecule has 2 heteroatoms. The SMILES string of the molecule is CC.Cc1ccccc1-c1ccc(N(c2ccc(-c3ccc4c(c3)-c3ccccc3C4(C)C)cc2)c2ccc(-c3ccc4oc5ccccc5c4c3)cc2)c(-c2ccccc2C)c1C. The van der Waals surface area contributed by atoms with Crippen LogP contribution < -0.4 is 4.90 Å². The van der Waals surface area contributed by atoms with Crippen molar-refractivity contribution in [1.82, 2.24) is 0 Å². The molecule has 0 radical (unpaired) electrons. The molecule has 2 nitrogen and oxygen atoms in total. The molecule has 11 rings (SSSR count). The Hall–Kier alpha value is -7.42. The number of benzene rings is 9. The molecular weight excluding hydrogens is 775 g/mol. The summed E-state index contributed by atoms with van der Waals surface area (Å²) in [6.07, 6.45) is 0. The molecule has 0 atom stereocenters. The molecule has 312 valence electrons. The van der Waals surface area contributed by atoms with Crippen LogP contribution in [0.15, 0.2) is 199 Å². The van der Waals surface area contributed by atoms with E-state index in [2.05, 4.69) is 222 Å². The highest BCUT2D eigenvalue weighted by molar-refractivity contribution is 6.06. The first-order chi connectivity index (χ1) is 31.2. The average Bonchev–Trinajstić information content (AvgIpc) is 3.82. The van der Waals surface area contributed by atoms with Crippen LogP contribution in [0.5, 0.6) is 0 Å². The van der Waals surface area contributed by atoms with Gasteiger partial charge in [0.1, 0.15) is 11.2 Å². The number of fused-ring (bicyclic) bond motifs is 6. The van der Waals surface area contributed by atoms with Crippen LogP contribution >= 0.6 is 0 Å². The number of aryl methyl sites for hydroxylation is 2. The lowest BCUT2D eigenvalue weighted by atomic mass is 9.82. The van der Waals surface area contributed by atoms with Gasteiger partial charge in [-0.15, -0.1) is 0 Å². The van der Waals surface area contributed by atoms with Gasteiger partial charge in [-0.25, -0.2) is 0 Å². The van der Waals surface area contributed by atoms with Crippen LogP contribution in [0.1, 0.15) is 55.5 Å². The normalized spacial score (nSPS) is 12.4. The molecule has 1 aliphatic carbocycles. The van der Waals surface area contributed by atoms with E-state index < -0.39 is 0 Å². The summed E-state index contributed by atoms with van der Waals surface area (Å²) < 4.78 is 6.17. The molecule has 0 saturated carbocycles. The molecule has 1 heterocycles. The number of furan rings is 1. The van der Waals surface area contributed by atoms with Crippen molar-refractivity contribution in [2.75, 3.05) is 4.90 Å². The van der Waals surface area contributed by atoms with Crippen molar-refractivity contribution in [2.24, 2.45) is 0 Å². The van der Waals surface area contributed by atoms with Crippen molar-refractivity contribution >= 4 is 39.0 Å². The molecule has 0 amide bonds. The minimum Gasteiger partial charge on any atom is -0.456 e. The van der Waals surface area contributed by atoms with E-state index in [0.29, 0.717) is 0 Å². The third kappa shape index (κ3) is 6.82. The van der Waals surface area contributed by atoms with Gasteiger partial charge in [-0.1, -0.05) is 167 Å². The lowest BCUT2D eigenvalue weighted by molar-refractivity contribution is 0.660. The fourth-order valence-electron chi connectivity index (χ4n) is 10.1. The third-order valence-electron chi connectivity index (χ3n) is 13.4. The van der Waals surface area contributed by atoms with Gasteiger partial charge in [0.2, 0.25) is 0 Å². The van der Waals surface area contributed by atoms with Crippen molar-refractivity contribution in [3.63, 3.8) is 0 Å². The van der Waals surface area contributed by atoms with Crippen LogP contribution in [0.3, 0.4) is 0 Å². The molecule has 0 aliphatic heterocycles. The van der Waals surface area contributed by atoms with E-state index in [1.807, 2.05) is 26.0 Å². The van der Waals surface area contributed by atoms with Crippen molar-refractivity contribution < 1.29 is 4.42 Å². The van der Waals surface area contributed by atoms with E-state index in [1.165, 1.54) is 72.3 Å². The zero-order valence-electron chi connectivity index (χ0n) is 37.8. The van der Waals surface area contributed by atoms with Crippen LogP contribution in [0.2, 0.25) is 0 Å². The predicted octanol–water partition coefficient (Wildman–Crippen LogP) is 18.0. The average molecular weight is 828 g/mol. The van der Waals surface area contributed by atoms with Crippen molar-refractivity contribution in [3.8, 4) is 55.6 Å². The van der Waals surface area contributed by atoms with Crippen LogP contribution in [-0.2, 0) is 5.41 Å². The Labute approximate surface area is 378 Å². The fraction of sp³-hybridized carbons (Fsp3) is 0.129. The van der Waals surface area contributed by atoms with Crippen molar-refractivity contribution in [3.05, 3.63) is 222 Å². The number of anilines is 3. The van der Waals surface area contributed by atoms with Crippen LogP contribution in [0.4, 0.5) is 17.1 Å². The van der Waals surface area contributed by atoms with Gasteiger partial charge in [-0.2, -0.15) is 0 Å². The summed E-state index contributed by atoms with van der Waals surface area (Å²) >= 11 is 0. The highest BCUT2D eigenvalue weighted by Gasteiger charge is 2.35. The molecule has 0 bridgehead atoms. The Balaban J connectivity index is 0.00000239. The number of para-hydroxylation sites is 1. The maximum absolute atomic E-state index is 6.17. The molecule has 0 unspecified atom stereocenters. The van der Waals surface area contributed by atoms with E-state index >= 15 is 0 Å². The summed E-state index contributed by atoms with van der Waals surface area (Å²) in [5, 5.41) is 2.27. The Kier molecular flexibility index (Phi) is 10.4. The Bertz CT molecular complexity index is 3350. The Morgan fingerprint density at radius 2 is 0.906 bits per heavy atom. The lowest BCUT2D eigenvalue weighted by Crippen LogP contribution is -2.14. The maximum Gasteiger partial charge on any atom is 0.135 e. The fourth-order valence-corrected chi connectivity index (χ4v) is 10.1. The van der Waals surface area contributed by atoms with Crippen LogP contribution in [0, 0.1) is 20.8 Å². The van der Waals surface area contributed by atoms with E-state index in [4.69, 9.17) is 4.42 Å². The Morgan fingerprint density at radius 3 is 1.58 bits per heavy atom. The highest BCUT2D eigenvalue weighted by Crippen LogP contribution is 2.50. The van der Waals surface area contributed by atoms with E-state index in [0.717, 1.165) is 50.1 Å². The predicted molar refractivity (Wildman–Crippen MR) is 273 cm³/mol. The first kappa shape index (κ1) is 40.6. The van der Waals surface area contributed by atoms with Gasteiger partial charge in [0, 0.05) is 33.1 Å². The molecule has 0 N–H and O–H groups in total. The van der Waals surface area contributed by atoms with Gasteiger partial charge >= 0.3 is 0 Å². The molecule has 0 spiro atoms. The van der Waals surface area contributed by atoms with Gasteiger partial charge in [0.15, 0.2) is 0 Å². The number of nitrogens with zero attached hydrogens (tertiary/aromatic N) is 1. The molecule has 10 aromatic rings. The molecule has 0 fully saturated rings. The maximum atomic E-state index is 6.17. The van der Waals surface area contributed by atoms with Crippen molar-refractivity contribution in [1.29, 1.82) is 0 Å². The van der Waals surface area contributed by atoms with Crippen LogP contribution in [-0.4, -0.2) is 0 Å². The second-order valence-electron chi connectivity index (χ2n) is 17.4. The summed E-state index contributed by atoms with van der Waals surface area (Å²) in [6.45, 7) is 15.4. The second-order valence-corrected chi connectivity index (χ2v) is 17.4. The summed E-state index contributed by atoms with van der Waals surface area (Å²) in [5.74, 6) is 0. The van der Waals surface area contributed by atoms with Crippen LogP contribution in [0.25, 0.3) is 77.6 Å². The zero-order chi connectivity index (χ0) is 44.1. The summed E-state index contributed by atoms with van der Waals surface area (Å²) in [4.78, 5) is 2.44. The van der Waals surface area contributed by atoms with Gasteiger partial charge in [0.25, 0.3) is 0 Å². The number of rotatable bonds is 7. The molecule has 9 aromatic carbocycles. The topological polar surface area (TPSA) is 16.4 Å². The number of hydrogen-bond acceptors (Lipinski definition) is 2.